The first-order chi connectivity index (χ1) is 13.5. The first kappa shape index (κ1) is 18.9. The Morgan fingerprint density at radius 3 is 2.32 bits per heavy atom. The minimum absolute atomic E-state index is 0.336. The number of β-amino-alcohol motifs (C(OH)–C–C–N with tert-alkyl or cyclic N) is 1. The van der Waals surface area contributed by atoms with Gasteiger partial charge in [0.2, 0.25) is 4.77 Å². The van der Waals surface area contributed by atoms with E-state index in [0.29, 0.717) is 35.1 Å². The molecule has 1 N–H and O–H groups in total. The molecule has 0 aliphatic carbocycles. The van der Waals surface area contributed by atoms with E-state index in [0.717, 1.165) is 19.4 Å². The van der Waals surface area contributed by atoms with E-state index in [1.165, 1.54) is 24.3 Å². The average molecular weight is 402 g/mol. The molecule has 1 fully saturated rings. The zero-order chi connectivity index (χ0) is 19.7. The molecule has 0 radical (unpaired) electrons. The number of aliphatic hydroxyl groups is 1. The number of likely N-dealkylation sites (tertiary alicyclic amines) is 1. The van der Waals surface area contributed by atoms with Crippen LogP contribution in [0.15, 0.2) is 48.5 Å². The van der Waals surface area contributed by atoms with E-state index in [1.54, 1.807) is 33.5 Å². The number of piperidine rings is 1. The second-order valence-electron chi connectivity index (χ2n) is 6.94. The van der Waals surface area contributed by atoms with Crippen LogP contribution in [0.4, 0.5) is 8.78 Å². The summed E-state index contributed by atoms with van der Waals surface area (Å²) >= 11 is 5.66. The number of hydrogen-bond acceptors (Lipinski definition) is 4. The molecule has 0 bridgehead atoms. The lowest BCUT2D eigenvalue weighted by atomic mass is 10.1. The van der Waals surface area contributed by atoms with Gasteiger partial charge in [-0.15, -0.1) is 5.10 Å². The number of aromatic nitrogens is 3. The zero-order valence-corrected chi connectivity index (χ0v) is 15.9. The van der Waals surface area contributed by atoms with Crippen LogP contribution in [0.2, 0.25) is 0 Å². The number of nitrogens with zero attached hydrogens (tertiary/aromatic N) is 4. The van der Waals surface area contributed by atoms with Gasteiger partial charge in [-0.05, 0) is 73.6 Å². The average Bonchev–Trinajstić information content (AvgIpc) is 2.99. The van der Waals surface area contributed by atoms with Gasteiger partial charge < -0.3 is 5.11 Å². The van der Waals surface area contributed by atoms with Crippen molar-refractivity contribution in [3.8, 4) is 17.1 Å². The lowest BCUT2D eigenvalue weighted by Crippen LogP contribution is -2.39. The molecule has 0 spiro atoms. The minimum Gasteiger partial charge on any atom is -0.392 e. The van der Waals surface area contributed by atoms with Gasteiger partial charge in [-0.1, -0.05) is 0 Å². The van der Waals surface area contributed by atoms with Crippen LogP contribution in [0, 0.1) is 16.4 Å². The van der Waals surface area contributed by atoms with Crippen LogP contribution in [-0.4, -0.2) is 43.5 Å². The van der Waals surface area contributed by atoms with Crippen LogP contribution in [0.1, 0.15) is 12.8 Å². The molecule has 28 heavy (non-hydrogen) atoms. The molecule has 0 saturated carbocycles. The van der Waals surface area contributed by atoms with Crippen molar-refractivity contribution in [2.45, 2.75) is 25.6 Å². The smallest absolute Gasteiger partial charge is 0.204 e. The van der Waals surface area contributed by atoms with E-state index in [-0.39, 0.29) is 17.7 Å². The maximum Gasteiger partial charge on any atom is 0.204 e. The van der Waals surface area contributed by atoms with Crippen LogP contribution < -0.4 is 0 Å². The van der Waals surface area contributed by atoms with E-state index in [4.69, 9.17) is 12.2 Å². The van der Waals surface area contributed by atoms with Crippen LogP contribution in [0.5, 0.6) is 0 Å². The quantitative estimate of drug-likeness (QED) is 0.675. The first-order valence-electron chi connectivity index (χ1n) is 9.13. The molecule has 1 aliphatic heterocycles. The molecule has 2 heterocycles. The highest BCUT2D eigenvalue weighted by Gasteiger charge is 2.21. The van der Waals surface area contributed by atoms with Crippen molar-refractivity contribution in [1.82, 2.24) is 19.2 Å². The summed E-state index contributed by atoms with van der Waals surface area (Å²) in [5, 5.41) is 14.6. The highest BCUT2D eigenvalue weighted by molar-refractivity contribution is 7.71. The van der Waals surface area contributed by atoms with Gasteiger partial charge in [0.05, 0.1) is 18.5 Å². The molecule has 4 rings (SSSR count). The van der Waals surface area contributed by atoms with Crippen LogP contribution >= 0.6 is 12.2 Å². The fraction of sp³-hybridized carbons (Fsp3) is 0.300. The van der Waals surface area contributed by atoms with Gasteiger partial charge in [0.15, 0.2) is 5.82 Å². The van der Waals surface area contributed by atoms with Gasteiger partial charge in [0.1, 0.15) is 11.6 Å². The molecule has 2 aromatic carbocycles. The van der Waals surface area contributed by atoms with Gasteiger partial charge in [0.25, 0.3) is 0 Å². The largest absolute Gasteiger partial charge is 0.392 e. The molecule has 3 aromatic rings. The van der Waals surface area contributed by atoms with Gasteiger partial charge in [0, 0.05) is 18.7 Å². The molecule has 0 amide bonds. The van der Waals surface area contributed by atoms with Crippen LogP contribution in [0.25, 0.3) is 17.1 Å². The maximum absolute atomic E-state index is 13.4. The molecule has 146 valence electrons. The topological polar surface area (TPSA) is 46.2 Å². The number of halogens is 2. The van der Waals surface area contributed by atoms with Crippen molar-refractivity contribution in [2.75, 3.05) is 13.1 Å². The Labute approximate surface area is 166 Å². The lowest BCUT2D eigenvalue weighted by molar-refractivity contribution is 0.0513. The molecule has 5 nitrogen and oxygen atoms in total. The number of rotatable bonds is 4. The van der Waals surface area contributed by atoms with Gasteiger partial charge in [-0.3, -0.25) is 9.47 Å². The SMILES string of the molecule is O[C@H]1CCCN(Cn2nc(-c3ccc(F)cc3)n(-c3ccc(F)cc3)c2=S)C1. The summed E-state index contributed by atoms with van der Waals surface area (Å²) < 4.78 is 30.7. The van der Waals surface area contributed by atoms with Gasteiger partial charge >= 0.3 is 0 Å². The monoisotopic (exact) mass is 402 g/mol. The van der Waals surface area contributed by atoms with Crippen LogP contribution in [0.3, 0.4) is 0 Å². The fourth-order valence-corrected chi connectivity index (χ4v) is 3.75. The fourth-order valence-electron chi connectivity index (χ4n) is 3.46. The normalized spacial score (nSPS) is 17.8. The standard InChI is InChI=1S/C20H20F2N4OS/c21-15-5-3-14(4-6-15)19-23-25(13-24-11-1-2-18(27)12-24)20(28)26(19)17-9-7-16(22)8-10-17/h3-10,18,27H,1-2,11-13H2/t18-/m0/s1. The summed E-state index contributed by atoms with van der Waals surface area (Å²) in [5.74, 6) is -0.125. The Kier molecular flexibility index (Phi) is 5.34. The lowest BCUT2D eigenvalue weighted by Gasteiger charge is -2.29. The van der Waals surface area contributed by atoms with Crippen molar-refractivity contribution in [3.63, 3.8) is 0 Å². The summed E-state index contributed by atoms with van der Waals surface area (Å²) in [4.78, 5) is 2.10. The molecule has 1 aromatic heterocycles. The van der Waals surface area contributed by atoms with Crippen LogP contribution in [-0.2, 0) is 6.67 Å². The van der Waals surface area contributed by atoms with E-state index < -0.39 is 0 Å². The zero-order valence-electron chi connectivity index (χ0n) is 15.1. The summed E-state index contributed by atoms with van der Waals surface area (Å²) in [5.41, 5.74) is 1.38. The molecular weight excluding hydrogens is 382 g/mol. The third kappa shape index (κ3) is 3.89. The molecule has 0 unspecified atom stereocenters. The molecule has 1 atom stereocenters. The molecular formula is C20H20F2N4OS. The Hall–Kier alpha value is -2.42. The Bertz CT molecular complexity index is 1010. The van der Waals surface area contributed by atoms with Crippen molar-refractivity contribution in [3.05, 3.63) is 64.9 Å². The number of benzene rings is 2. The van der Waals surface area contributed by atoms with E-state index in [9.17, 15) is 13.9 Å². The highest BCUT2D eigenvalue weighted by Crippen LogP contribution is 2.24. The van der Waals surface area contributed by atoms with Crippen molar-refractivity contribution in [2.24, 2.45) is 0 Å². The number of hydrogen-bond donors (Lipinski definition) is 1. The van der Waals surface area contributed by atoms with Crippen molar-refractivity contribution >= 4 is 12.2 Å². The summed E-state index contributed by atoms with van der Waals surface area (Å²) in [6.45, 7) is 1.86. The van der Waals surface area contributed by atoms with Crippen molar-refractivity contribution < 1.29 is 13.9 Å². The van der Waals surface area contributed by atoms with E-state index in [1.807, 2.05) is 0 Å². The summed E-state index contributed by atoms with van der Waals surface area (Å²) in [6.07, 6.45) is 1.36. The Balaban J connectivity index is 1.78. The maximum atomic E-state index is 13.4. The van der Waals surface area contributed by atoms with Crippen molar-refractivity contribution in [1.29, 1.82) is 0 Å². The summed E-state index contributed by atoms with van der Waals surface area (Å²) in [7, 11) is 0. The second-order valence-corrected chi connectivity index (χ2v) is 7.30. The second kappa shape index (κ2) is 7.90. The third-order valence-electron chi connectivity index (χ3n) is 4.84. The van der Waals surface area contributed by atoms with Gasteiger partial charge in [-0.25, -0.2) is 13.5 Å². The Morgan fingerprint density at radius 1 is 1.04 bits per heavy atom. The van der Waals surface area contributed by atoms with E-state index >= 15 is 0 Å². The molecule has 8 heteroatoms. The Morgan fingerprint density at radius 2 is 1.68 bits per heavy atom. The minimum atomic E-state index is -0.348. The highest BCUT2D eigenvalue weighted by atomic mass is 32.1. The first-order valence-corrected chi connectivity index (χ1v) is 9.54. The number of aliphatic hydroxyl groups excluding tert-OH is 1. The third-order valence-corrected chi connectivity index (χ3v) is 5.23. The molecule has 1 aliphatic rings. The predicted molar refractivity (Wildman–Crippen MR) is 105 cm³/mol. The molecule has 1 saturated heterocycles. The van der Waals surface area contributed by atoms with Gasteiger partial charge in [-0.2, -0.15) is 0 Å². The summed E-state index contributed by atoms with van der Waals surface area (Å²) in [6, 6.07) is 12.0. The van der Waals surface area contributed by atoms with E-state index in [2.05, 4.69) is 10.00 Å². The predicted octanol–water partition coefficient (Wildman–Crippen LogP) is 3.76.